The quantitative estimate of drug-likeness (QED) is 0.314. The minimum atomic E-state index is -1.06. The Morgan fingerprint density at radius 1 is 1.02 bits per heavy atom. The molecule has 1 atom stereocenters. The van der Waals surface area contributed by atoms with E-state index >= 15 is 0 Å². The van der Waals surface area contributed by atoms with Crippen LogP contribution in [0.3, 0.4) is 0 Å². The summed E-state index contributed by atoms with van der Waals surface area (Å²) in [4.78, 5) is 27.1. The minimum Gasteiger partial charge on any atom is -0.491 e. The highest BCUT2D eigenvalue weighted by atomic mass is 32.2. The molecule has 3 amide bonds. The molecule has 1 aliphatic rings. The van der Waals surface area contributed by atoms with Crippen molar-refractivity contribution < 1.29 is 18.5 Å². The van der Waals surface area contributed by atoms with Crippen LogP contribution in [0.1, 0.15) is 32.0 Å². The van der Waals surface area contributed by atoms with Gasteiger partial charge in [0.2, 0.25) is 5.91 Å². The van der Waals surface area contributed by atoms with Gasteiger partial charge in [0.1, 0.15) is 23.9 Å². The molecule has 0 aliphatic carbocycles. The molecule has 1 unspecified atom stereocenters. The van der Waals surface area contributed by atoms with Crippen LogP contribution in [-0.2, 0) is 21.0 Å². The first-order chi connectivity index (χ1) is 19.6. The maximum absolute atomic E-state index is 13.3. The molecule has 0 radical (unpaired) electrons. The normalized spacial score (nSPS) is 15.7. The number of rotatable bonds is 7. The van der Waals surface area contributed by atoms with Crippen molar-refractivity contribution in [3.05, 3.63) is 78.0 Å². The Kier molecular flexibility index (Phi) is 8.12. The predicted octanol–water partition coefficient (Wildman–Crippen LogP) is 5.25. The number of aromatic nitrogens is 2. The maximum atomic E-state index is 13.3. The average Bonchev–Trinajstić information content (AvgIpc) is 3.35. The molecule has 0 saturated carbocycles. The Labute approximate surface area is 242 Å². The molecule has 5 rings (SSSR count). The third-order valence-electron chi connectivity index (χ3n) is 6.98. The monoisotopic (exact) mass is 573 g/mol. The summed E-state index contributed by atoms with van der Waals surface area (Å²) in [6.45, 7) is 9.50. The van der Waals surface area contributed by atoms with E-state index < -0.39 is 16.8 Å². The summed E-state index contributed by atoms with van der Waals surface area (Å²) in [5.41, 5.74) is 3.29. The van der Waals surface area contributed by atoms with Gasteiger partial charge in [0.25, 0.3) is 0 Å². The Morgan fingerprint density at radius 3 is 2.46 bits per heavy atom. The number of anilines is 2. The lowest BCUT2D eigenvalue weighted by Gasteiger charge is -2.26. The van der Waals surface area contributed by atoms with Crippen LogP contribution in [0.4, 0.5) is 16.3 Å². The zero-order valence-corrected chi connectivity index (χ0v) is 24.6. The molecule has 1 aromatic heterocycles. The van der Waals surface area contributed by atoms with Gasteiger partial charge in [0.05, 0.1) is 23.6 Å². The van der Waals surface area contributed by atoms with Crippen LogP contribution in [0.2, 0.25) is 0 Å². The summed E-state index contributed by atoms with van der Waals surface area (Å²) in [7, 11) is -1.06. The summed E-state index contributed by atoms with van der Waals surface area (Å²) >= 11 is 0. The smallest absolute Gasteiger partial charge is 0.324 e. The number of amides is 3. The number of nitrogens with one attached hydrogen (secondary N) is 2. The van der Waals surface area contributed by atoms with Gasteiger partial charge < -0.3 is 15.0 Å². The summed E-state index contributed by atoms with van der Waals surface area (Å²) in [6.07, 6.45) is 0. The van der Waals surface area contributed by atoms with Crippen molar-refractivity contribution >= 4 is 45.0 Å². The second-order valence-corrected chi connectivity index (χ2v) is 12.7. The minimum absolute atomic E-state index is 0.0781. The van der Waals surface area contributed by atoms with Gasteiger partial charge in [0.15, 0.2) is 0 Å². The highest BCUT2D eigenvalue weighted by Gasteiger charge is 2.23. The lowest BCUT2D eigenvalue weighted by Crippen LogP contribution is -2.44. The van der Waals surface area contributed by atoms with Gasteiger partial charge in [0, 0.05) is 45.4 Å². The van der Waals surface area contributed by atoms with E-state index in [1.54, 1.807) is 9.58 Å². The second-order valence-electron chi connectivity index (χ2n) is 11.2. The molecule has 2 N–H and O–H groups in total. The molecule has 0 spiro atoms. The van der Waals surface area contributed by atoms with Crippen molar-refractivity contribution in [3.8, 4) is 11.4 Å². The fourth-order valence-electron chi connectivity index (χ4n) is 4.64. The van der Waals surface area contributed by atoms with Gasteiger partial charge in [-0.2, -0.15) is 5.10 Å². The molecule has 4 aromatic rings. The van der Waals surface area contributed by atoms with Crippen LogP contribution in [0, 0.1) is 6.92 Å². The molecule has 3 aromatic carbocycles. The zero-order valence-electron chi connectivity index (χ0n) is 23.8. The number of hydrogen-bond donors (Lipinski definition) is 2. The number of carbonyl (C=O) groups excluding carboxylic acids is 2. The van der Waals surface area contributed by atoms with Crippen LogP contribution in [0.15, 0.2) is 66.7 Å². The summed E-state index contributed by atoms with van der Waals surface area (Å²) in [5.74, 6) is 1.70. The molecule has 9 nitrogen and oxygen atoms in total. The van der Waals surface area contributed by atoms with Crippen LogP contribution in [0.5, 0.6) is 5.75 Å². The number of fused-ring (bicyclic) bond motifs is 1. The fourth-order valence-corrected chi connectivity index (χ4v) is 5.66. The Hall–Kier alpha value is -4.18. The Morgan fingerprint density at radius 2 is 1.76 bits per heavy atom. The van der Waals surface area contributed by atoms with Gasteiger partial charge in [-0.25, -0.2) is 9.48 Å². The van der Waals surface area contributed by atoms with Gasteiger partial charge in [-0.05, 0) is 31.2 Å². The topological polar surface area (TPSA) is 106 Å². The molecule has 1 fully saturated rings. The van der Waals surface area contributed by atoms with Crippen LogP contribution in [-0.4, -0.2) is 62.0 Å². The van der Waals surface area contributed by atoms with E-state index in [1.807, 2.05) is 73.7 Å². The molecule has 214 valence electrons. The molecule has 1 aliphatic heterocycles. The van der Waals surface area contributed by atoms with E-state index in [1.165, 1.54) is 0 Å². The largest absolute Gasteiger partial charge is 0.491 e. The second kappa shape index (κ2) is 11.7. The molecule has 0 bridgehead atoms. The van der Waals surface area contributed by atoms with Crippen molar-refractivity contribution in [1.82, 2.24) is 14.7 Å². The van der Waals surface area contributed by atoms with E-state index in [4.69, 9.17) is 9.84 Å². The lowest BCUT2D eigenvalue weighted by molar-refractivity contribution is -0.128. The van der Waals surface area contributed by atoms with E-state index in [9.17, 15) is 13.8 Å². The van der Waals surface area contributed by atoms with Crippen molar-refractivity contribution in [2.24, 2.45) is 0 Å². The molecular weight excluding hydrogens is 538 g/mol. The van der Waals surface area contributed by atoms with Crippen molar-refractivity contribution in [2.45, 2.75) is 33.1 Å². The summed E-state index contributed by atoms with van der Waals surface area (Å²) < 4.78 is 19.4. The number of hydrogen-bond acceptors (Lipinski definition) is 5. The molecule has 41 heavy (non-hydrogen) atoms. The van der Waals surface area contributed by atoms with Crippen LogP contribution >= 0.6 is 0 Å². The van der Waals surface area contributed by atoms with Crippen LogP contribution < -0.4 is 15.4 Å². The predicted molar refractivity (Wildman–Crippen MR) is 164 cm³/mol. The maximum Gasteiger partial charge on any atom is 0.324 e. The fraction of sp³-hybridized carbons (Fsp3) is 0.323. The summed E-state index contributed by atoms with van der Waals surface area (Å²) in [6, 6.07) is 20.8. The lowest BCUT2D eigenvalue weighted by atomic mass is 9.92. The molecule has 10 heteroatoms. The molecule has 1 saturated heterocycles. The number of aryl methyl sites for hydroxylation is 1. The highest BCUT2D eigenvalue weighted by Crippen LogP contribution is 2.32. The molecule has 2 heterocycles. The van der Waals surface area contributed by atoms with E-state index in [-0.39, 0.29) is 17.1 Å². The van der Waals surface area contributed by atoms with Gasteiger partial charge in [-0.15, -0.1) is 0 Å². The van der Waals surface area contributed by atoms with Crippen molar-refractivity contribution in [2.75, 3.05) is 41.8 Å². The third kappa shape index (κ3) is 6.59. The SMILES string of the molecule is Cc1ccc(-n2nc(C(C)(C)C)cc2NC(=O)Nc2ccc(OCCN3CCS(=O)CC3=O)c3ccccc23)cc1. The molecular formula is C31H35N5O4S. The zero-order chi connectivity index (χ0) is 29.1. The number of nitrogens with zero attached hydrogens (tertiary/aromatic N) is 3. The van der Waals surface area contributed by atoms with Gasteiger partial charge in [-0.1, -0.05) is 62.7 Å². The number of benzene rings is 3. The number of ether oxygens (including phenoxy) is 1. The third-order valence-corrected chi connectivity index (χ3v) is 8.18. The first kappa shape index (κ1) is 28.4. The van der Waals surface area contributed by atoms with Crippen molar-refractivity contribution in [3.63, 3.8) is 0 Å². The van der Waals surface area contributed by atoms with E-state index in [2.05, 4.69) is 31.4 Å². The summed E-state index contributed by atoms with van der Waals surface area (Å²) in [5, 5.41) is 12.4. The Balaban J connectivity index is 1.32. The van der Waals surface area contributed by atoms with Crippen LogP contribution in [0.25, 0.3) is 16.5 Å². The van der Waals surface area contributed by atoms with E-state index in [0.29, 0.717) is 42.7 Å². The van der Waals surface area contributed by atoms with Gasteiger partial charge >= 0.3 is 6.03 Å². The average molecular weight is 574 g/mol. The first-order valence-corrected chi connectivity index (χ1v) is 15.1. The van der Waals surface area contributed by atoms with E-state index in [0.717, 1.165) is 27.7 Å². The Bertz CT molecular complexity index is 1610. The van der Waals surface area contributed by atoms with Crippen molar-refractivity contribution in [1.29, 1.82) is 0 Å². The number of carbonyl (C=O) groups is 2. The standard InChI is InChI=1S/C31H35N5O4S/c1-21-9-11-22(12-10-21)36-28(19-27(34-36)31(2,3)4)33-30(38)32-25-13-14-26(24-8-6-5-7-23(24)25)40-17-15-35-16-18-41(39)20-29(35)37/h5-14,19H,15-18,20H2,1-4H3,(H2,32,33,38). The first-order valence-electron chi connectivity index (χ1n) is 13.6. The number of urea groups is 1. The van der Waals surface area contributed by atoms with Gasteiger partial charge in [-0.3, -0.25) is 14.3 Å². The highest BCUT2D eigenvalue weighted by molar-refractivity contribution is 7.85.